The van der Waals surface area contributed by atoms with Gasteiger partial charge in [0, 0.05) is 25.7 Å². The van der Waals surface area contributed by atoms with Gasteiger partial charge in [-0.05, 0) is 23.8 Å². The molecule has 138 valence electrons. The minimum Gasteiger partial charge on any atom is -0.494 e. The van der Waals surface area contributed by atoms with Gasteiger partial charge in [-0.2, -0.15) is 13.2 Å². The Bertz CT molecular complexity index is 858. The largest absolute Gasteiger partial charge is 0.494 e. The van der Waals surface area contributed by atoms with Crippen molar-refractivity contribution >= 4 is 21.4 Å². The van der Waals surface area contributed by atoms with Crippen LogP contribution in [-0.2, 0) is 29.2 Å². The topological polar surface area (TPSA) is 73.2 Å². The standard InChI is InChI=1S/C14H16F3N3O3S2/c1-23-10-4-5-24-13(10)25(21,22)18-6-9-2-3-12-19-11(14(15,16)17)8-20(12)7-9/h4-5,8-9,18H,2-3,6-7H2,1H3/t9-/m1/s1. The van der Waals surface area contributed by atoms with Crippen LogP contribution in [0, 0.1) is 5.92 Å². The molecule has 1 aliphatic rings. The number of fused-ring (bicyclic) bond motifs is 1. The molecule has 3 heterocycles. The number of aromatic nitrogens is 2. The van der Waals surface area contributed by atoms with Crippen LogP contribution in [0.5, 0.6) is 5.75 Å². The molecule has 6 nitrogen and oxygen atoms in total. The Hall–Kier alpha value is -1.59. The lowest BCUT2D eigenvalue weighted by Crippen LogP contribution is -2.33. The molecule has 0 saturated heterocycles. The van der Waals surface area contributed by atoms with E-state index in [0.717, 1.165) is 17.5 Å². The molecule has 2 aromatic heterocycles. The zero-order valence-electron chi connectivity index (χ0n) is 13.2. The first-order valence-corrected chi connectivity index (χ1v) is 9.81. The maximum absolute atomic E-state index is 12.7. The second-order valence-corrected chi connectivity index (χ2v) is 8.60. The Morgan fingerprint density at radius 2 is 2.24 bits per heavy atom. The second kappa shape index (κ2) is 6.61. The van der Waals surface area contributed by atoms with Crippen molar-refractivity contribution in [1.29, 1.82) is 0 Å². The molecular formula is C14H16F3N3O3S2. The van der Waals surface area contributed by atoms with Crippen LogP contribution < -0.4 is 9.46 Å². The molecule has 0 amide bonds. The number of hydrogen-bond acceptors (Lipinski definition) is 5. The third-order valence-electron chi connectivity index (χ3n) is 4.00. The van der Waals surface area contributed by atoms with Crippen LogP contribution in [0.15, 0.2) is 21.9 Å². The van der Waals surface area contributed by atoms with Crippen molar-refractivity contribution in [3.05, 3.63) is 29.2 Å². The van der Waals surface area contributed by atoms with Gasteiger partial charge in [0.1, 0.15) is 11.6 Å². The molecule has 25 heavy (non-hydrogen) atoms. The van der Waals surface area contributed by atoms with Crippen molar-refractivity contribution in [3.8, 4) is 5.75 Å². The van der Waals surface area contributed by atoms with Crippen molar-refractivity contribution in [2.45, 2.75) is 29.8 Å². The van der Waals surface area contributed by atoms with Gasteiger partial charge in [-0.15, -0.1) is 11.3 Å². The number of imidazole rings is 1. The first-order valence-electron chi connectivity index (χ1n) is 7.45. The van der Waals surface area contributed by atoms with E-state index in [2.05, 4.69) is 9.71 Å². The SMILES string of the molecule is COc1ccsc1S(=O)(=O)NC[C@H]1CCc2nc(C(F)(F)F)cn2C1. The van der Waals surface area contributed by atoms with Gasteiger partial charge >= 0.3 is 6.18 Å². The molecule has 1 atom stereocenters. The molecule has 0 saturated carbocycles. The number of aryl methyl sites for hydroxylation is 1. The van der Waals surface area contributed by atoms with Gasteiger partial charge in [-0.1, -0.05) is 0 Å². The lowest BCUT2D eigenvalue weighted by molar-refractivity contribution is -0.141. The minimum absolute atomic E-state index is 0.0912. The molecule has 0 spiro atoms. The van der Waals surface area contributed by atoms with E-state index >= 15 is 0 Å². The van der Waals surface area contributed by atoms with Crippen molar-refractivity contribution < 1.29 is 26.3 Å². The van der Waals surface area contributed by atoms with Gasteiger partial charge < -0.3 is 9.30 Å². The van der Waals surface area contributed by atoms with Crippen molar-refractivity contribution in [2.24, 2.45) is 5.92 Å². The Morgan fingerprint density at radius 3 is 2.92 bits per heavy atom. The molecule has 1 aliphatic heterocycles. The summed E-state index contributed by atoms with van der Waals surface area (Å²) in [4.78, 5) is 3.61. The van der Waals surface area contributed by atoms with Crippen LogP contribution in [0.1, 0.15) is 17.9 Å². The summed E-state index contributed by atoms with van der Waals surface area (Å²) in [5.74, 6) is 0.544. The summed E-state index contributed by atoms with van der Waals surface area (Å²) in [5, 5.41) is 1.62. The number of halogens is 3. The molecule has 3 rings (SSSR count). The minimum atomic E-state index is -4.48. The summed E-state index contributed by atoms with van der Waals surface area (Å²) in [5.41, 5.74) is -0.910. The number of thiophene rings is 1. The summed E-state index contributed by atoms with van der Waals surface area (Å²) >= 11 is 1.05. The van der Waals surface area contributed by atoms with Gasteiger partial charge in [-0.25, -0.2) is 18.1 Å². The van der Waals surface area contributed by atoms with Crippen LogP contribution in [0.3, 0.4) is 0 Å². The number of nitrogens with zero attached hydrogens (tertiary/aromatic N) is 2. The van der Waals surface area contributed by atoms with Crippen LogP contribution in [0.25, 0.3) is 0 Å². The molecule has 0 bridgehead atoms. The first kappa shape index (κ1) is 18.2. The zero-order valence-corrected chi connectivity index (χ0v) is 14.8. The van der Waals surface area contributed by atoms with Crippen molar-refractivity contribution in [3.63, 3.8) is 0 Å². The van der Waals surface area contributed by atoms with Crippen LogP contribution in [0.2, 0.25) is 0 Å². The van der Waals surface area contributed by atoms with Gasteiger partial charge in [0.05, 0.1) is 7.11 Å². The van der Waals surface area contributed by atoms with Crippen molar-refractivity contribution in [1.82, 2.24) is 14.3 Å². The fourth-order valence-corrected chi connectivity index (χ4v) is 5.18. The van der Waals surface area contributed by atoms with E-state index < -0.39 is 21.9 Å². The monoisotopic (exact) mass is 395 g/mol. The highest BCUT2D eigenvalue weighted by Gasteiger charge is 2.36. The number of nitrogens with one attached hydrogen (secondary N) is 1. The summed E-state index contributed by atoms with van der Waals surface area (Å²) < 4.78 is 72.0. The molecule has 0 unspecified atom stereocenters. The van der Waals surface area contributed by atoms with Crippen LogP contribution in [-0.4, -0.2) is 31.6 Å². The number of ether oxygens (including phenoxy) is 1. The quantitative estimate of drug-likeness (QED) is 0.844. The van der Waals surface area contributed by atoms with E-state index in [-0.39, 0.29) is 22.4 Å². The van der Waals surface area contributed by atoms with E-state index in [1.54, 1.807) is 11.4 Å². The van der Waals surface area contributed by atoms with E-state index in [4.69, 9.17) is 4.74 Å². The Kier molecular flexibility index (Phi) is 4.82. The van der Waals surface area contributed by atoms with E-state index in [1.165, 1.54) is 11.7 Å². The molecule has 0 aliphatic carbocycles. The fraction of sp³-hybridized carbons (Fsp3) is 0.500. The fourth-order valence-electron chi connectivity index (χ4n) is 2.74. The van der Waals surface area contributed by atoms with Gasteiger partial charge in [0.15, 0.2) is 9.90 Å². The summed E-state index contributed by atoms with van der Waals surface area (Å²) in [6, 6.07) is 1.57. The maximum atomic E-state index is 12.7. The zero-order chi connectivity index (χ0) is 18.2. The molecule has 0 radical (unpaired) electrons. The van der Waals surface area contributed by atoms with E-state index in [1.807, 2.05) is 0 Å². The third kappa shape index (κ3) is 3.82. The normalized spacial score (nSPS) is 18.2. The summed E-state index contributed by atoms with van der Waals surface area (Å²) in [6.45, 7) is 0.435. The number of alkyl halides is 3. The number of hydrogen-bond donors (Lipinski definition) is 1. The lowest BCUT2D eigenvalue weighted by atomic mass is 10.00. The summed E-state index contributed by atoms with van der Waals surface area (Å²) in [7, 11) is -2.33. The Morgan fingerprint density at radius 1 is 1.48 bits per heavy atom. The molecule has 0 aromatic carbocycles. The number of rotatable bonds is 5. The summed E-state index contributed by atoms with van der Waals surface area (Å²) in [6.07, 6.45) is -2.54. The van der Waals surface area contributed by atoms with Gasteiger partial charge in [0.25, 0.3) is 10.0 Å². The Labute approximate surface area is 146 Å². The highest BCUT2D eigenvalue weighted by molar-refractivity contribution is 7.91. The smallest absolute Gasteiger partial charge is 0.434 e. The average molecular weight is 395 g/mol. The van der Waals surface area contributed by atoms with Gasteiger partial charge in [0.2, 0.25) is 0 Å². The van der Waals surface area contributed by atoms with Crippen molar-refractivity contribution in [2.75, 3.05) is 13.7 Å². The predicted molar refractivity (Wildman–Crippen MR) is 85.1 cm³/mol. The first-order chi connectivity index (χ1) is 11.7. The van der Waals surface area contributed by atoms with E-state index in [9.17, 15) is 21.6 Å². The van der Waals surface area contributed by atoms with Crippen LogP contribution >= 0.6 is 11.3 Å². The molecule has 2 aromatic rings. The molecule has 0 fully saturated rings. The maximum Gasteiger partial charge on any atom is 0.434 e. The second-order valence-electron chi connectivity index (χ2n) is 5.73. The van der Waals surface area contributed by atoms with Crippen LogP contribution in [0.4, 0.5) is 13.2 Å². The molecular weight excluding hydrogens is 379 g/mol. The highest BCUT2D eigenvalue weighted by Crippen LogP contribution is 2.31. The highest BCUT2D eigenvalue weighted by atomic mass is 32.2. The number of methoxy groups -OCH3 is 1. The number of sulfonamides is 1. The van der Waals surface area contributed by atoms with E-state index in [0.29, 0.717) is 25.2 Å². The predicted octanol–water partition coefficient (Wildman–Crippen LogP) is 2.51. The molecule has 1 N–H and O–H groups in total. The third-order valence-corrected chi connectivity index (χ3v) is 6.87. The average Bonchev–Trinajstić information content (AvgIpc) is 3.18. The Balaban J connectivity index is 1.66. The van der Waals surface area contributed by atoms with Gasteiger partial charge in [-0.3, -0.25) is 0 Å². The lowest BCUT2D eigenvalue weighted by Gasteiger charge is -2.23. The molecule has 11 heteroatoms.